The number of aromatic hydroxyl groups is 2. The lowest BCUT2D eigenvalue weighted by Crippen LogP contribution is -2.58. The fourth-order valence-electron chi connectivity index (χ4n) is 6.04. The van der Waals surface area contributed by atoms with Crippen LogP contribution in [0.1, 0.15) is 27.6 Å². The number of piperazine rings is 1. The molecule has 2 unspecified atom stereocenters. The molecule has 6 N–H and O–H groups in total. The smallest absolute Gasteiger partial charge is 0.339 e. The van der Waals surface area contributed by atoms with Crippen LogP contribution in [0.2, 0.25) is 5.02 Å². The molecule has 0 aliphatic carbocycles. The number of ether oxygens (including phenoxy) is 3. The number of hydrogen-bond donors (Lipinski definition) is 6. The summed E-state index contributed by atoms with van der Waals surface area (Å²) in [6, 6.07) is 7.27. The number of carbonyl (C=O) groups excluding carboxylic acids is 2. The Kier molecular flexibility index (Phi) is 9.36. The predicted molar refractivity (Wildman–Crippen MR) is 165 cm³/mol. The molecule has 3 aromatic rings. The number of rotatable bonds is 8. The van der Waals surface area contributed by atoms with Crippen molar-refractivity contribution in [2.24, 2.45) is 0 Å². The highest BCUT2D eigenvalue weighted by Gasteiger charge is 2.53. The first kappa shape index (κ1) is 32.4. The number of hydrogen-bond acceptors (Lipinski definition) is 14. The van der Waals surface area contributed by atoms with Crippen LogP contribution < -0.4 is 10.1 Å². The van der Waals surface area contributed by atoms with E-state index in [0.29, 0.717) is 36.3 Å². The summed E-state index contributed by atoms with van der Waals surface area (Å²) in [6.45, 7) is 1.57. The predicted octanol–water partition coefficient (Wildman–Crippen LogP) is 1.33. The summed E-state index contributed by atoms with van der Waals surface area (Å²) in [7, 11) is 1.24. The summed E-state index contributed by atoms with van der Waals surface area (Å²) in [4.78, 5) is 34.5. The number of phenols is 2. The molecule has 0 spiro atoms. The Morgan fingerprint density at radius 1 is 1.11 bits per heavy atom. The van der Waals surface area contributed by atoms with Gasteiger partial charge in [0, 0.05) is 59.8 Å². The Balaban J connectivity index is 1.13. The third kappa shape index (κ3) is 6.12. The maximum atomic E-state index is 13.3. The van der Waals surface area contributed by atoms with E-state index in [9.17, 15) is 35.1 Å². The monoisotopic (exact) mass is 676 g/mol. The van der Waals surface area contributed by atoms with Crippen molar-refractivity contribution in [1.82, 2.24) is 14.8 Å². The first-order valence-corrected chi connectivity index (χ1v) is 15.8. The number of nitrogens with zero attached hydrogens (tertiary/aromatic N) is 3. The van der Waals surface area contributed by atoms with Crippen molar-refractivity contribution in [3.05, 3.63) is 51.4 Å². The van der Waals surface area contributed by atoms with Gasteiger partial charge >= 0.3 is 5.97 Å². The zero-order valence-corrected chi connectivity index (χ0v) is 26.2. The minimum absolute atomic E-state index is 0.0630. The molecule has 2 aromatic carbocycles. The molecule has 6 rings (SSSR count). The van der Waals surface area contributed by atoms with Crippen molar-refractivity contribution in [3.8, 4) is 28.5 Å². The number of fused-ring (bicyclic) bond motifs is 3. The quantitative estimate of drug-likeness (QED) is 0.187. The molecule has 0 bridgehead atoms. The SMILES string of the molecule is COc1c(O)c(CN2CCN(CC(=O)Nc3nc(-c4ccc(Cl)cc4)cs3)CC2)c2c(c1O)C1O[C@H](CO)[C@@H](O)[C@H](O)C1OC2=O. The van der Waals surface area contributed by atoms with E-state index in [1.807, 2.05) is 27.3 Å². The van der Waals surface area contributed by atoms with E-state index < -0.39 is 54.6 Å². The van der Waals surface area contributed by atoms with Gasteiger partial charge in [-0.2, -0.15) is 0 Å². The van der Waals surface area contributed by atoms with E-state index in [0.717, 1.165) is 11.3 Å². The van der Waals surface area contributed by atoms with Gasteiger partial charge in [0.15, 0.2) is 22.7 Å². The van der Waals surface area contributed by atoms with Crippen molar-refractivity contribution < 1.29 is 49.3 Å². The average Bonchev–Trinajstić information content (AvgIpc) is 3.50. The van der Waals surface area contributed by atoms with Crippen LogP contribution >= 0.6 is 22.9 Å². The van der Waals surface area contributed by atoms with Crippen LogP contribution in [0.3, 0.4) is 0 Å². The van der Waals surface area contributed by atoms with Gasteiger partial charge in [0.1, 0.15) is 24.4 Å². The Morgan fingerprint density at radius 3 is 2.48 bits per heavy atom. The minimum Gasteiger partial charge on any atom is -0.504 e. The number of benzene rings is 2. The lowest BCUT2D eigenvalue weighted by molar-refractivity contribution is -0.235. The number of anilines is 1. The number of phenolic OH excluding ortho intramolecular Hbond substituents is 2. The Labute approximate surface area is 272 Å². The number of thiazole rings is 1. The van der Waals surface area contributed by atoms with Crippen molar-refractivity contribution in [1.29, 1.82) is 0 Å². The highest BCUT2D eigenvalue weighted by Crippen LogP contribution is 2.52. The maximum Gasteiger partial charge on any atom is 0.339 e. The van der Waals surface area contributed by atoms with Crippen LogP contribution in [0.5, 0.6) is 17.2 Å². The van der Waals surface area contributed by atoms with Crippen LogP contribution in [-0.2, 0) is 20.8 Å². The molecule has 4 heterocycles. The number of aromatic nitrogens is 1. The number of aliphatic hydroxyl groups is 3. The van der Waals surface area contributed by atoms with Crippen LogP contribution in [0.15, 0.2) is 29.6 Å². The largest absolute Gasteiger partial charge is 0.504 e. The fourth-order valence-corrected chi connectivity index (χ4v) is 6.90. The Hall–Kier alpha value is -3.54. The van der Waals surface area contributed by atoms with Gasteiger partial charge in [-0.15, -0.1) is 11.3 Å². The van der Waals surface area contributed by atoms with E-state index in [1.54, 1.807) is 12.1 Å². The van der Waals surface area contributed by atoms with Gasteiger partial charge in [-0.05, 0) is 12.1 Å². The number of carbonyl (C=O) groups is 2. The molecule has 2 fully saturated rings. The van der Waals surface area contributed by atoms with E-state index in [4.69, 9.17) is 25.8 Å². The molecule has 1 amide bonds. The van der Waals surface area contributed by atoms with E-state index >= 15 is 0 Å². The summed E-state index contributed by atoms with van der Waals surface area (Å²) in [5.74, 6) is -2.44. The van der Waals surface area contributed by atoms with Crippen molar-refractivity contribution in [2.45, 2.75) is 37.1 Å². The molecule has 246 valence electrons. The maximum absolute atomic E-state index is 13.3. The summed E-state index contributed by atoms with van der Waals surface area (Å²) in [5, 5.41) is 58.6. The summed E-state index contributed by atoms with van der Waals surface area (Å²) in [5.41, 5.74) is 1.55. The highest BCUT2D eigenvalue weighted by molar-refractivity contribution is 7.14. The van der Waals surface area contributed by atoms with E-state index in [-0.39, 0.29) is 41.4 Å². The second-order valence-electron chi connectivity index (χ2n) is 11.3. The zero-order chi connectivity index (χ0) is 32.7. The molecule has 0 radical (unpaired) electrons. The lowest BCUT2D eigenvalue weighted by Gasteiger charge is -2.45. The molecule has 14 nitrogen and oxygen atoms in total. The molecule has 16 heteroatoms. The lowest BCUT2D eigenvalue weighted by atomic mass is 9.84. The molecule has 46 heavy (non-hydrogen) atoms. The summed E-state index contributed by atoms with van der Waals surface area (Å²) < 4.78 is 16.5. The van der Waals surface area contributed by atoms with Crippen molar-refractivity contribution in [2.75, 3.05) is 51.8 Å². The highest BCUT2D eigenvalue weighted by atomic mass is 35.5. The molecule has 0 saturated carbocycles. The van der Waals surface area contributed by atoms with Crippen LogP contribution in [0, 0.1) is 0 Å². The molecular formula is C30H33ClN4O10S. The van der Waals surface area contributed by atoms with Gasteiger partial charge < -0.3 is 45.1 Å². The number of nitrogens with one attached hydrogen (secondary N) is 1. The number of amides is 1. The van der Waals surface area contributed by atoms with Crippen LogP contribution in [-0.4, -0.2) is 123 Å². The second kappa shape index (κ2) is 13.3. The molecule has 1 aromatic heterocycles. The molecule has 3 aliphatic heterocycles. The summed E-state index contributed by atoms with van der Waals surface area (Å²) in [6.07, 6.45) is -6.95. The van der Waals surface area contributed by atoms with Gasteiger partial charge in [0.2, 0.25) is 11.7 Å². The third-order valence-electron chi connectivity index (χ3n) is 8.45. The Bertz CT molecular complexity index is 1610. The third-order valence-corrected chi connectivity index (χ3v) is 9.46. The van der Waals surface area contributed by atoms with Gasteiger partial charge in [0.25, 0.3) is 0 Å². The van der Waals surface area contributed by atoms with Crippen molar-refractivity contribution >= 4 is 39.9 Å². The fraction of sp³-hybridized carbons (Fsp3) is 0.433. The number of esters is 1. The minimum atomic E-state index is -1.60. The van der Waals surface area contributed by atoms with Gasteiger partial charge in [0.05, 0.1) is 31.5 Å². The first-order valence-electron chi connectivity index (χ1n) is 14.5. The van der Waals surface area contributed by atoms with Gasteiger partial charge in [-0.3, -0.25) is 14.6 Å². The number of aliphatic hydroxyl groups excluding tert-OH is 3. The standard InChI is InChI=1S/C30H33ClN4O10S/c1-43-27-22(38)16(20-21(24(27)40)26-28(45-29(20)42)25(41)23(39)18(12-36)44-26)10-34-6-8-35(9-7-34)11-19(37)33-30-32-17(13-46-30)14-2-4-15(31)5-3-14/h2-5,13,18,23,25-26,28,36,38-41H,6-12H2,1H3,(H,32,33,37)/t18-,23-,25+,26?,28?/m1/s1. The van der Waals surface area contributed by atoms with E-state index in [2.05, 4.69) is 10.3 Å². The first-order chi connectivity index (χ1) is 22.1. The second-order valence-corrected chi connectivity index (χ2v) is 12.6. The number of halogens is 1. The van der Waals surface area contributed by atoms with Gasteiger partial charge in [-0.1, -0.05) is 23.7 Å². The topological polar surface area (TPSA) is 194 Å². The number of methoxy groups -OCH3 is 1. The van der Waals surface area contributed by atoms with E-state index in [1.165, 1.54) is 18.4 Å². The molecule has 3 aliphatic rings. The molecule has 2 saturated heterocycles. The van der Waals surface area contributed by atoms with Gasteiger partial charge in [-0.25, -0.2) is 9.78 Å². The molecular weight excluding hydrogens is 644 g/mol. The Morgan fingerprint density at radius 2 is 1.80 bits per heavy atom. The summed E-state index contributed by atoms with van der Waals surface area (Å²) >= 11 is 7.29. The van der Waals surface area contributed by atoms with Crippen LogP contribution in [0.25, 0.3) is 11.3 Å². The normalized spacial score (nSPS) is 25.0. The van der Waals surface area contributed by atoms with Crippen LogP contribution in [0.4, 0.5) is 5.13 Å². The zero-order valence-electron chi connectivity index (χ0n) is 24.6. The average molecular weight is 677 g/mol. The molecule has 5 atom stereocenters. The van der Waals surface area contributed by atoms with Crippen molar-refractivity contribution in [3.63, 3.8) is 0 Å².